The van der Waals surface area contributed by atoms with Crippen molar-refractivity contribution < 1.29 is 14.4 Å². The summed E-state index contributed by atoms with van der Waals surface area (Å²) in [6.45, 7) is 7.39. The second-order valence-corrected chi connectivity index (χ2v) is 4.69. The van der Waals surface area contributed by atoms with Crippen LogP contribution in [0.4, 0.5) is 0 Å². The van der Waals surface area contributed by atoms with E-state index in [1.54, 1.807) is 6.92 Å². The molecule has 0 saturated heterocycles. The Hall–Kier alpha value is -1.91. The first-order valence-electron chi connectivity index (χ1n) is 5.86. The SMILES string of the molecule is Cc1nc2onc(C)c2c(C)c1CC(C)C(=O)O. The molecule has 0 fully saturated rings. The van der Waals surface area contributed by atoms with Crippen molar-refractivity contribution in [3.63, 3.8) is 0 Å². The predicted molar refractivity (Wildman–Crippen MR) is 66.5 cm³/mol. The molecule has 0 aromatic carbocycles. The molecular weight excluding hydrogens is 232 g/mol. The van der Waals surface area contributed by atoms with Crippen LogP contribution in [0.3, 0.4) is 0 Å². The third-order valence-corrected chi connectivity index (χ3v) is 3.31. The number of carboxylic acids is 1. The first kappa shape index (κ1) is 12.5. The summed E-state index contributed by atoms with van der Waals surface area (Å²) in [6.07, 6.45) is 0.473. The third-order valence-electron chi connectivity index (χ3n) is 3.31. The predicted octanol–water partition coefficient (Wildman–Crippen LogP) is 2.41. The molecule has 5 nitrogen and oxygen atoms in total. The van der Waals surface area contributed by atoms with Crippen LogP contribution < -0.4 is 0 Å². The number of aliphatic carboxylic acids is 1. The molecular formula is C13H16N2O3. The fourth-order valence-corrected chi connectivity index (χ4v) is 2.20. The third kappa shape index (κ3) is 1.96. The van der Waals surface area contributed by atoms with Gasteiger partial charge in [-0.3, -0.25) is 4.79 Å². The largest absolute Gasteiger partial charge is 0.481 e. The highest BCUT2D eigenvalue weighted by Crippen LogP contribution is 2.27. The minimum Gasteiger partial charge on any atom is -0.481 e. The Bertz CT molecular complexity index is 616. The Kier molecular flexibility index (Phi) is 3.07. The number of aromatic nitrogens is 2. The van der Waals surface area contributed by atoms with Crippen LogP contribution in [-0.4, -0.2) is 21.2 Å². The lowest BCUT2D eigenvalue weighted by molar-refractivity contribution is -0.141. The van der Waals surface area contributed by atoms with Crippen molar-refractivity contribution in [2.24, 2.45) is 5.92 Å². The molecule has 0 saturated carbocycles. The van der Waals surface area contributed by atoms with E-state index in [4.69, 9.17) is 9.63 Å². The van der Waals surface area contributed by atoms with Gasteiger partial charge in [-0.1, -0.05) is 12.1 Å². The van der Waals surface area contributed by atoms with Gasteiger partial charge in [0.15, 0.2) is 0 Å². The van der Waals surface area contributed by atoms with E-state index in [9.17, 15) is 4.79 Å². The summed E-state index contributed by atoms with van der Waals surface area (Å²) in [4.78, 5) is 15.3. The zero-order valence-electron chi connectivity index (χ0n) is 10.9. The van der Waals surface area contributed by atoms with Crippen LogP contribution >= 0.6 is 0 Å². The van der Waals surface area contributed by atoms with E-state index in [2.05, 4.69) is 10.1 Å². The summed E-state index contributed by atoms with van der Waals surface area (Å²) in [7, 11) is 0. The van der Waals surface area contributed by atoms with Crippen LogP contribution in [0.25, 0.3) is 11.1 Å². The molecule has 0 amide bonds. The van der Waals surface area contributed by atoms with Crippen molar-refractivity contribution >= 4 is 17.1 Å². The Morgan fingerprint density at radius 1 is 1.33 bits per heavy atom. The number of rotatable bonds is 3. The van der Waals surface area contributed by atoms with Gasteiger partial charge >= 0.3 is 5.97 Å². The second-order valence-electron chi connectivity index (χ2n) is 4.69. The van der Waals surface area contributed by atoms with Crippen molar-refractivity contribution in [3.8, 4) is 0 Å². The van der Waals surface area contributed by atoms with Gasteiger partial charge in [0, 0.05) is 5.69 Å². The minimum atomic E-state index is -0.795. The van der Waals surface area contributed by atoms with Gasteiger partial charge in [-0.05, 0) is 38.3 Å². The van der Waals surface area contributed by atoms with Crippen LogP contribution in [-0.2, 0) is 11.2 Å². The summed E-state index contributed by atoms with van der Waals surface area (Å²) in [5, 5.41) is 13.8. The van der Waals surface area contributed by atoms with E-state index in [0.29, 0.717) is 12.1 Å². The normalized spacial score (nSPS) is 12.9. The van der Waals surface area contributed by atoms with Gasteiger partial charge in [-0.2, -0.15) is 0 Å². The topological polar surface area (TPSA) is 76.2 Å². The molecule has 2 aromatic heterocycles. The maximum atomic E-state index is 11.0. The Balaban J connectivity index is 2.56. The molecule has 2 heterocycles. The van der Waals surface area contributed by atoms with E-state index in [0.717, 1.165) is 27.9 Å². The summed E-state index contributed by atoms with van der Waals surface area (Å²) >= 11 is 0. The molecule has 0 radical (unpaired) electrons. The molecule has 0 bridgehead atoms. The minimum absolute atomic E-state index is 0.429. The smallest absolute Gasteiger partial charge is 0.306 e. The van der Waals surface area contributed by atoms with Crippen molar-refractivity contribution in [3.05, 3.63) is 22.5 Å². The van der Waals surface area contributed by atoms with Gasteiger partial charge in [0.05, 0.1) is 17.0 Å². The van der Waals surface area contributed by atoms with Crippen LogP contribution in [0.2, 0.25) is 0 Å². The lowest BCUT2D eigenvalue weighted by atomic mass is 9.94. The van der Waals surface area contributed by atoms with Crippen molar-refractivity contribution in [1.82, 2.24) is 10.1 Å². The molecule has 1 unspecified atom stereocenters. The average molecular weight is 248 g/mol. The molecule has 5 heteroatoms. The molecule has 2 aromatic rings. The highest BCUT2D eigenvalue weighted by molar-refractivity contribution is 5.81. The average Bonchev–Trinajstić information content (AvgIpc) is 2.65. The molecule has 1 N–H and O–H groups in total. The van der Waals surface area contributed by atoms with Crippen LogP contribution in [0, 0.1) is 26.7 Å². The van der Waals surface area contributed by atoms with E-state index < -0.39 is 11.9 Å². The fraction of sp³-hybridized carbons (Fsp3) is 0.462. The van der Waals surface area contributed by atoms with E-state index >= 15 is 0 Å². The number of carboxylic acid groups (broad SMARTS) is 1. The Morgan fingerprint density at radius 2 is 2.00 bits per heavy atom. The first-order chi connectivity index (χ1) is 8.41. The Morgan fingerprint density at radius 3 is 2.61 bits per heavy atom. The fourth-order valence-electron chi connectivity index (χ4n) is 2.20. The lowest BCUT2D eigenvalue weighted by Crippen LogP contribution is -2.14. The molecule has 1 atom stereocenters. The van der Waals surface area contributed by atoms with E-state index in [1.165, 1.54) is 0 Å². The number of carbonyl (C=O) groups is 1. The highest BCUT2D eigenvalue weighted by Gasteiger charge is 2.19. The maximum Gasteiger partial charge on any atom is 0.306 e. The number of pyridine rings is 1. The van der Waals surface area contributed by atoms with Gasteiger partial charge in [0.1, 0.15) is 0 Å². The second kappa shape index (κ2) is 4.40. The van der Waals surface area contributed by atoms with Gasteiger partial charge in [-0.25, -0.2) is 4.98 Å². The van der Waals surface area contributed by atoms with Crippen molar-refractivity contribution in [1.29, 1.82) is 0 Å². The molecule has 96 valence electrons. The number of aryl methyl sites for hydroxylation is 3. The first-order valence-corrected chi connectivity index (χ1v) is 5.86. The quantitative estimate of drug-likeness (QED) is 0.902. The number of hydrogen-bond donors (Lipinski definition) is 1. The molecule has 2 rings (SSSR count). The zero-order valence-corrected chi connectivity index (χ0v) is 10.9. The van der Waals surface area contributed by atoms with Crippen LogP contribution in [0.15, 0.2) is 4.52 Å². The number of nitrogens with zero attached hydrogens (tertiary/aromatic N) is 2. The lowest BCUT2D eigenvalue weighted by Gasteiger charge is -2.12. The van der Waals surface area contributed by atoms with Gasteiger partial charge < -0.3 is 9.63 Å². The molecule has 0 spiro atoms. The van der Waals surface area contributed by atoms with Crippen molar-refractivity contribution in [2.45, 2.75) is 34.1 Å². The zero-order chi connectivity index (χ0) is 13.4. The molecule has 18 heavy (non-hydrogen) atoms. The molecule has 0 aliphatic carbocycles. The van der Waals surface area contributed by atoms with Crippen LogP contribution in [0.1, 0.15) is 29.4 Å². The highest BCUT2D eigenvalue weighted by atomic mass is 16.5. The number of fused-ring (bicyclic) bond motifs is 1. The monoisotopic (exact) mass is 248 g/mol. The maximum absolute atomic E-state index is 11.0. The molecule has 0 aliphatic rings. The standard InChI is InChI=1S/C13H16N2O3/c1-6(13(16)17)5-10-7(2)11-9(4)15-18-12(11)14-8(10)3/h6H,5H2,1-4H3,(H,16,17). The van der Waals surface area contributed by atoms with Crippen molar-refractivity contribution in [2.75, 3.05) is 0 Å². The van der Waals surface area contributed by atoms with Gasteiger partial charge in [-0.15, -0.1) is 0 Å². The van der Waals surface area contributed by atoms with Gasteiger partial charge in [0.2, 0.25) is 0 Å². The van der Waals surface area contributed by atoms with E-state index in [-0.39, 0.29) is 0 Å². The summed E-state index contributed by atoms with van der Waals surface area (Å²) < 4.78 is 5.14. The summed E-state index contributed by atoms with van der Waals surface area (Å²) in [5.41, 5.74) is 4.12. The van der Waals surface area contributed by atoms with Crippen LogP contribution in [0.5, 0.6) is 0 Å². The summed E-state index contributed by atoms with van der Waals surface area (Å²) in [6, 6.07) is 0. The van der Waals surface area contributed by atoms with Gasteiger partial charge in [0.25, 0.3) is 5.71 Å². The molecule has 0 aliphatic heterocycles. The summed E-state index contributed by atoms with van der Waals surface area (Å²) in [5.74, 6) is -1.22. The van der Waals surface area contributed by atoms with E-state index in [1.807, 2.05) is 20.8 Å². The Labute approximate surface area is 105 Å². The number of hydrogen-bond acceptors (Lipinski definition) is 4.